The van der Waals surface area contributed by atoms with Crippen LogP contribution < -0.4 is 11.1 Å². The minimum absolute atomic E-state index is 0.100. The molecule has 0 saturated heterocycles. The molecule has 2 unspecified atom stereocenters. The molecule has 0 aromatic heterocycles. The molecule has 0 fully saturated rings. The Morgan fingerprint density at radius 3 is 2.12 bits per heavy atom. The summed E-state index contributed by atoms with van der Waals surface area (Å²) < 4.78 is 21.3. The molecule has 0 aliphatic carbocycles. The largest absolute Gasteiger partial charge is 0.479 e. The Morgan fingerprint density at radius 2 is 1.61 bits per heavy atom. The minimum atomic E-state index is -2.27. The quantitative estimate of drug-likeness (QED) is 0.123. The van der Waals surface area contributed by atoms with Gasteiger partial charge in [0.25, 0.3) is 0 Å². The number of esters is 2. The molecule has 1 aliphatic rings. The molecule has 1 aromatic rings. The molecular formula is C26H35ClN2O12. The number of ether oxygens (including phenoxy) is 4. The van der Waals surface area contributed by atoms with Gasteiger partial charge in [-0.2, -0.15) is 0 Å². The molecule has 41 heavy (non-hydrogen) atoms. The standard InChI is InChI=1S/C22H29ClN2O6.C4H6O6/c1-4-31-22(27)20-17(13-30-11-10-29-9-8-24)25-14(2)18(21(26)28-3)19(20)15-6-5-7-16(23)12-15;5-1(3(7)8)2(6)4(9)10/h5-7,12,19,25H,4,8-11,13,24H2,1-3H3;1-2,5-6H,(H,7,8)(H,9,10)/t19-;/m1./s1. The van der Waals surface area contributed by atoms with Gasteiger partial charge in [-0.25, -0.2) is 19.2 Å². The number of allylic oxidation sites excluding steroid dienone is 1. The van der Waals surface area contributed by atoms with Crippen LogP contribution in [0.15, 0.2) is 46.8 Å². The summed E-state index contributed by atoms with van der Waals surface area (Å²) in [4.78, 5) is 45.2. The van der Waals surface area contributed by atoms with Crippen LogP contribution in [0.5, 0.6) is 0 Å². The van der Waals surface area contributed by atoms with Crippen LogP contribution in [0.3, 0.4) is 0 Å². The summed E-state index contributed by atoms with van der Waals surface area (Å²) in [6, 6.07) is 7.00. The first-order chi connectivity index (χ1) is 19.4. The zero-order chi connectivity index (χ0) is 31.1. The van der Waals surface area contributed by atoms with Gasteiger partial charge < -0.3 is 50.4 Å². The summed E-state index contributed by atoms with van der Waals surface area (Å²) in [6.45, 7) is 5.31. The minimum Gasteiger partial charge on any atom is -0.479 e. The fourth-order valence-electron chi connectivity index (χ4n) is 3.61. The maximum Gasteiger partial charge on any atom is 0.336 e. The third-order valence-corrected chi connectivity index (χ3v) is 5.65. The number of benzene rings is 1. The number of nitrogens with one attached hydrogen (secondary N) is 1. The number of carboxylic acid groups (broad SMARTS) is 2. The number of nitrogens with two attached hydrogens (primary N) is 1. The van der Waals surface area contributed by atoms with Gasteiger partial charge >= 0.3 is 23.9 Å². The van der Waals surface area contributed by atoms with Crippen molar-refractivity contribution in [2.75, 3.05) is 46.7 Å². The molecule has 0 saturated carbocycles. The number of hydrogen-bond donors (Lipinski definition) is 6. The SMILES string of the molecule is CCOC(=O)C1=C(COCCOCCN)NC(C)=C(C(=O)OC)[C@H]1c1cccc(Cl)c1.O=C(O)C(O)C(O)C(=O)O. The molecule has 2 rings (SSSR count). The van der Waals surface area contributed by atoms with Crippen LogP contribution in [0.1, 0.15) is 25.3 Å². The van der Waals surface area contributed by atoms with Crippen LogP contribution in [0.25, 0.3) is 0 Å². The molecule has 0 radical (unpaired) electrons. The molecule has 3 atom stereocenters. The van der Waals surface area contributed by atoms with Gasteiger partial charge in [0.05, 0.1) is 62.9 Å². The zero-order valence-electron chi connectivity index (χ0n) is 22.8. The van der Waals surface area contributed by atoms with Crippen LogP contribution in [0.2, 0.25) is 5.02 Å². The van der Waals surface area contributed by atoms with Gasteiger partial charge in [0.15, 0.2) is 12.2 Å². The van der Waals surface area contributed by atoms with Gasteiger partial charge in [-0.15, -0.1) is 0 Å². The smallest absolute Gasteiger partial charge is 0.336 e. The fourth-order valence-corrected chi connectivity index (χ4v) is 3.81. The van der Waals surface area contributed by atoms with E-state index in [0.717, 1.165) is 0 Å². The van der Waals surface area contributed by atoms with E-state index in [0.29, 0.717) is 53.9 Å². The number of carbonyl (C=O) groups excluding carboxylic acids is 2. The van der Waals surface area contributed by atoms with Crippen molar-refractivity contribution < 1.29 is 58.6 Å². The molecule has 1 heterocycles. The van der Waals surface area contributed by atoms with E-state index in [4.69, 9.17) is 56.7 Å². The van der Waals surface area contributed by atoms with Crippen LogP contribution in [0.4, 0.5) is 0 Å². The van der Waals surface area contributed by atoms with E-state index in [1.165, 1.54) is 7.11 Å². The number of aliphatic carboxylic acids is 2. The fraction of sp³-hybridized carbons (Fsp3) is 0.462. The van der Waals surface area contributed by atoms with E-state index < -0.39 is 42.0 Å². The van der Waals surface area contributed by atoms with Crippen molar-refractivity contribution in [1.29, 1.82) is 0 Å². The Labute approximate surface area is 241 Å². The topological polar surface area (TPSA) is 224 Å². The van der Waals surface area contributed by atoms with Gasteiger partial charge in [0, 0.05) is 17.3 Å². The van der Waals surface area contributed by atoms with E-state index in [1.54, 1.807) is 38.1 Å². The predicted octanol–water partition coefficient (Wildman–Crippen LogP) is 0.160. The molecule has 7 N–H and O–H groups in total. The van der Waals surface area contributed by atoms with Crippen LogP contribution >= 0.6 is 11.6 Å². The van der Waals surface area contributed by atoms with Crippen molar-refractivity contribution in [2.45, 2.75) is 32.0 Å². The highest BCUT2D eigenvalue weighted by molar-refractivity contribution is 6.30. The van der Waals surface area contributed by atoms with Crippen molar-refractivity contribution >= 4 is 35.5 Å². The summed E-state index contributed by atoms with van der Waals surface area (Å²) >= 11 is 6.20. The normalized spacial score (nSPS) is 16.1. The van der Waals surface area contributed by atoms with Crippen LogP contribution in [0, 0.1) is 0 Å². The number of methoxy groups -OCH3 is 1. The van der Waals surface area contributed by atoms with E-state index >= 15 is 0 Å². The highest BCUT2D eigenvalue weighted by atomic mass is 35.5. The highest BCUT2D eigenvalue weighted by Gasteiger charge is 2.39. The molecule has 1 aliphatic heterocycles. The lowest BCUT2D eigenvalue weighted by Crippen LogP contribution is -2.39. The first-order valence-corrected chi connectivity index (χ1v) is 12.7. The molecular weight excluding hydrogens is 568 g/mol. The molecule has 228 valence electrons. The Morgan fingerprint density at radius 1 is 1.00 bits per heavy atom. The van der Waals surface area contributed by atoms with Crippen molar-refractivity contribution in [1.82, 2.24) is 5.32 Å². The number of rotatable bonds is 14. The maximum absolute atomic E-state index is 13.0. The summed E-state index contributed by atoms with van der Waals surface area (Å²) in [5.74, 6) is -5.36. The molecule has 0 spiro atoms. The number of halogens is 1. The second-order valence-electron chi connectivity index (χ2n) is 8.28. The van der Waals surface area contributed by atoms with Crippen molar-refractivity contribution in [3.8, 4) is 0 Å². The molecule has 15 heteroatoms. The van der Waals surface area contributed by atoms with Gasteiger partial charge in [0.1, 0.15) is 0 Å². The molecule has 1 aromatic carbocycles. The lowest BCUT2D eigenvalue weighted by Gasteiger charge is -2.31. The Kier molecular flexibility index (Phi) is 15.6. The summed E-state index contributed by atoms with van der Waals surface area (Å²) in [5, 5.41) is 36.1. The monoisotopic (exact) mass is 602 g/mol. The first kappa shape index (κ1) is 35.5. The second-order valence-corrected chi connectivity index (χ2v) is 8.71. The van der Waals surface area contributed by atoms with E-state index in [-0.39, 0.29) is 18.8 Å². The number of hydrogen-bond acceptors (Lipinski definition) is 12. The summed E-state index contributed by atoms with van der Waals surface area (Å²) in [6.07, 6.45) is -4.53. The Balaban J connectivity index is 0.000000716. The van der Waals surface area contributed by atoms with Gasteiger partial charge in [-0.05, 0) is 31.5 Å². The Hall–Kier alpha value is -3.53. The predicted molar refractivity (Wildman–Crippen MR) is 144 cm³/mol. The van der Waals surface area contributed by atoms with E-state index in [1.807, 2.05) is 0 Å². The molecule has 0 bridgehead atoms. The zero-order valence-corrected chi connectivity index (χ0v) is 23.6. The first-order valence-electron chi connectivity index (χ1n) is 12.3. The van der Waals surface area contributed by atoms with E-state index in [2.05, 4.69) is 5.32 Å². The number of carbonyl (C=O) groups is 4. The average Bonchev–Trinajstić information content (AvgIpc) is 2.93. The molecule has 14 nitrogen and oxygen atoms in total. The number of aliphatic hydroxyl groups excluding tert-OH is 2. The second kappa shape index (κ2) is 18.0. The van der Waals surface area contributed by atoms with Crippen molar-refractivity contribution in [3.63, 3.8) is 0 Å². The summed E-state index contributed by atoms with van der Waals surface area (Å²) in [5.41, 5.74) is 7.71. The summed E-state index contributed by atoms with van der Waals surface area (Å²) in [7, 11) is 1.30. The van der Waals surface area contributed by atoms with Gasteiger partial charge in [0.2, 0.25) is 0 Å². The lowest BCUT2D eigenvalue weighted by molar-refractivity contribution is -0.165. The van der Waals surface area contributed by atoms with Gasteiger partial charge in [-0.3, -0.25) is 0 Å². The van der Waals surface area contributed by atoms with Crippen LogP contribution in [-0.4, -0.2) is 103 Å². The number of dihydropyridines is 1. The molecule has 0 amide bonds. The highest BCUT2D eigenvalue weighted by Crippen LogP contribution is 2.40. The third-order valence-electron chi connectivity index (χ3n) is 5.41. The Bertz CT molecular complexity index is 1120. The maximum atomic E-state index is 13.0. The average molecular weight is 603 g/mol. The number of carboxylic acids is 2. The third kappa shape index (κ3) is 10.8. The van der Waals surface area contributed by atoms with Crippen molar-refractivity contribution in [2.24, 2.45) is 5.73 Å². The van der Waals surface area contributed by atoms with E-state index in [9.17, 15) is 19.2 Å². The van der Waals surface area contributed by atoms with Crippen LogP contribution in [-0.2, 0) is 38.1 Å². The lowest BCUT2D eigenvalue weighted by atomic mass is 9.80. The number of aliphatic hydroxyl groups is 2. The van der Waals surface area contributed by atoms with Gasteiger partial charge in [-0.1, -0.05) is 23.7 Å². The van der Waals surface area contributed by atoms with Crippen molar-refractivity contribution in [3.05, 3.63) is 57.4 Å².